The molecule has 180 valence electrons. The van der Waals surface area contributed by atoms with Crippen LogP contribution in [0, 0.1) is 0 Å². The molecule has 3 aliphatic rings. The molecule has 0 radical (unpaired) electrons. The van der Waals surface area contributed by atoms with Gasteiger partial charge in [-0.1, -0.05) is 28.1 Å². The third kappa shape index (κ3) is 5.24. The van der Waals surface area contributed by atoms with Gasteiger partial charge in [0.25, 0.3) is 0 Å². The van der Waals surface area contributed by atoms with Crippen molar-refractivity contribution in [3.05, 3.63) is 53.0 Å². The van der Waals surface area contributed by atoms with Crippen molar-refractivity contribution in [2.75, 3.05) is 22.9 Å². The summed E-state index contributed by atoms with van der Waals surface area (Å²) in [4.78, 5) is 26.8. The lowest BCUT2D eigenvalue weighted by Crippen LogP contribution is -2.41. The summed E-state index contributed by atoms with van der Waals surface area (Å²) in [6, 6.07) is 15.8. The molecule has 0 aromatic heterocycles. The van der Waals surface area contributed by atoms with Crippen LogP contribution in [0.3, 0.4) is 0 Å². The maximum Gasteiger partial charge on any atom is 0.494 e. The van der Waals surface area contributed by atoms with E-state index in [1.807, 2.05) is 86.0 Å². The Bertz CT molecular complexity index is 1020. The first-order valence-electron chi connectivity index (χ1n) is 11.9. The zero-order chi connectivity index (χ0) is 24.5. The van der Waals surface area contributed by atoms with Crippen molar-refractivity contribution in [3.63, 3.8) is 0 Å². The van der Waals surface area contributed by atoms with Gasteiger partial charge in [0.15, 0.2) is 0 Å². The second kappa shape index (κ2) is 9.84. The quantitative estimate of drug-likeness (QED) is 0.544. The van der Waals surface area contributed by atoms with Gasteiger partial charge in [0.2, 0.25) is 11.8 Å². The first-order chi connectivity index (χ1) is 16.1. The van der Waals surface area contributed by atoms with Gasteiger partial charge < -0.3 is 19.1 Å². The van der Waals surface area contributed by atoms with E-state index < -0.39 is 0 Å². The molecule has 3 heterocycles. The topological polar surface area (TPSA) is 59.1 Å². The number of hydrogen-bond donors (Lipinski definition) is 0. The van der Waals surface area contributed by atoms with Gasteiger partial charge in [0.05, 0.1) is 11.2 Å². The van der Waals surface area contributed by atoms with Gasteiger partial charge in [-0.15, -0.1) is 0 Å². The van der Waals surface area contributed by atoms with Crippen molar-refractivity contribution in [1.82, 2.24) is 0 Å². The number of amides is 2. The molecule has 0 spiro atoms. The highest BCUT2D eigenvalue weighted by Gasteiger charge is 2.51. The Labute approximate surface area is 210 Å². The van der Waals surface area contributed by atoms with Gasteiger partial charge >= 0.3 is 7.12 Å². The summed E-state index contributed by atoms with van der Waals surface area (Å²) in [5.41, 5.74) is 2.29. The zero-order valence-electron chi connectivity index (χ0n) is 20.3. The minimum Gasteiger partial charge on any atom is -0.399 e. The third-order valence-corrected chi connectivity index (χ3v) is 7.54. The van der Waals surface area contributed by atoms with E-state index in [2.05, 4.69) is 15.9 Å². The lowest BCUT2D eigenvalue weighted by atomic mass is 9.79. The summed E-state index contributed by atoms with van der Waals surface area (Å²) in [5, 5.41) is 0. The summed E-state index contributed by atoms with van der Waals surface area (Å²) in [6.45, 7) is 9.86. The molecule has 3 fully saturated rings. The lowest BCUT2D eigenvalue weighted by molar-refractivity contribution is -0.117. The molecular weight excluding hydrogens is 495 g/mol. The van der Waals surface area contributed by atoms with Crippen LogP contribution in [-0.4, -0.2) is 43.2 Å². The van der Waals surface area contributed by atoms with Crippen LogP contribution in [0.5, 0.6) is 0 Å². The molecule has 0 bridgehead atoms. The van der Waals surface area contributed by atoms with E-state index >= 15 is 0 Å². The highest BCUT2D eigenvalue weighted by atomic mass is 79.9. The fraction of sp³-hybridized carbons (Fsp3) is 0.462. The molecule has 0 N–H and O–H groups in total. The smallest absolute Gasteiger partial charge is 0.399 e. The van der Waals surface area contributed by atoms with Crippen molar-refractivity contribution in [3.8, 4) is 0 Å². The number of carbonyl (C=O) groups excluding carboxylic acids is 2. The first kappa shape index (κ1) is 25.0. The van der Waals surface area contributed by atoms with Crippen molar-refractivity contribution >= 4 is 51.7 Å². The second-order valence-corrected chi connectivity index (χ2v) is 10.9. The summed E-state index contributed by atoms with van der Waals surface area (Å²) in [7, 11) is -0.349. The highest BCUT2D eigenvalue weighted by Crippen LogP contribution is 2.36. The number of rotatable bonds is 3. The second-order valence-electron chi connectivity index (χ2n) is 9.95. The minimum absolute atomic E-state index is 0.207. The molecule has 2 amide bonds. The average Bonchev–Trinajstić information content (AvgIpc) is 3.47. The predicted octanol–water partition coefficient (Wildman–Crippen LogP) is 4.69. The van der Waals surface area contributed by atoms with Gasteiger partial charge in [0, 0.05) is 41.8 Å². The standard InChI is InChI=1S/C16H22BNO3.C10H10BrNO/c1-15(2)16(3,4)21-17(20-15)12-7-9-13(10-8-12)18-11-5-6-14(18)19;11-8-3-5-9(6-4-8)12-7-1-2-10(12)13/h7-10H,5-6,11H2,1-4H3;3-6H,1-2,7H2. The number of hydrogen-bond acceptors (Lipinski definition) is 4. The van der Waals surface area contributed by atoms with E-state index in [0.717, 1.165) is 47.2 Å². The Kier molecular flexibility index (Phi) is 7.22. The van der Waals surface area contributed by atoms with Crippen LogP contribution in [0.25, 0.3) is 0 Å². The van der Waals surface area contributed by atoms with Crippen LogP contribution in [0.1, 0.15) is 53.4 Å². The van der Waals surface area contributed by atoms with E-state index in [1.54, 1.807) is 0 Å². The first-order valence-corrected chi connectivity index (χ1v) is 12.7. The zero-order valence-corrected chi connectivity index (χ0v) is 21.9. The molecule has 2 aromatic carbocycles. The Hall–Kier alpha value is -2.16. The Morgan fingerprint density at radius 2 is 1.15 bits per heavy atom. The van der Waals surface area contributed by atoms with E-state index in [1.165, 1.54) is 0 Å². The summed E-state index contributed by atoms with van der Waals surface area (Å²) in [5.74, 6) is 0.445. The van der Waals surface area contributed by atoms with E-state index in [9.17, 15) is 9.59 Å². The van der Waals surface area contributed by atoms with Gasteiger partial charge in [-0.3, -0.25) is 9.59 Å². The highest BCUT2D eigenvalue weighted by molar-refractivity contribution is 9.10. The normalized spacial score (nSPS) is 21.1. The molecule has 34 heavy (non-hydrogen) atoms. The molecule has 3 aliphatic heterocycles. The number of halogens is 1. The summed E-state index contributed by atoms with van der Waals surface area (Å²) in [6.07, 6.45) is 3.27. The van der Waals surface area contributed by atoms with Gasteiger partial charge in [-0.05, 0) is 82.4 Å². The third-order valence-electron chi connectivity index (χ3n) is 7.02. The number of anilines is 2. The molecule has 2 aromatic rings. The number of benzene rings is 2. The Balaban J connectivity index is 0.000000180. The fourth-order valence-electron chi connectivity index (χ4n) is 4.25. The van der Waals surface area contributed by atoms with E-state index in [-0.39, 0.29) is 30.1 Å². The molecule has 0 aliphatic carbocycles. The molecule has 0 atom stereocenters. The molecule has 6 nitrogen and oxygen atoms in total. The van der Waals surface area contributed by atoms with Crippen LogP contribution in [0.15, 0.2) is 53.0 Å². The van der Waals surface area contributed by atoms with Crippen molar-refractivity contribution in [2.24, 2.45) is 0 Å². The number of carbonyl (C=O) groups is 2. The largest absolute Gasteiger partial charge is 0.494 e. The molecular formula is C26H32BBrN2O4. The number of nitrogens with zero attached hydrogens (tertiary/aromatic N) is 2. The van der Waals surface area contributed by atoms with Crippen LogP contribution in [0.2, 0.25) is 0 Å². The summed E-state index contributed by atoms with van der Waals surface area (Å²) < 4.78 is 13.1. The van der Waals surface area contributed by atoms with E-state index in [4.69, 9.17) is 9.31 Å². The monoisotopic (exact) mass is 526 g/mol. The molecule has 0 unspecified atom stereocenters. The SMILES string of the molecule is CC1(C)OB(c2ccc(N3CCCC3=O)cc2)OC1(C)C.O=C1CCCN1c1ccc(Br)cc1. The van der Waals surface area contributed by atoms with Crippen LogP contribution in [0.4, 0.5) is 11.4 Å². The minimum atomic E-state index is -0.349. The molecule has 0 saturated carbocycles. The van der Waals surface area contributed by atoms with Crippen molar-refractivity contribution in [2.45, 2.75) is 64.6 Å². The van der Waals surface area contributed by atoms with Crippen molar-refractivity contribution < 1.29 is 18.9 Å². The van der Waals surface area contributed by atoms with Crippen molar-refractivity contribution in [1.29, 1.82) is 0 Å². The average molecular weight is 527 g/mol. The maximum atomic E-state index is 11.8. The Morgan fingerprint density at radius 1 is 0.735 bits per heavy atom. The molecule has 8 heteroatoms. The summed E-state index contributed by atoms with van der Waals surface area (Å²) >= 11 is 3.37. The molecule has 3 saturated heterocycles. The fourth-order valence-corrected chi connectivity index (χ4v) is 4.52. The van der Waals surface area contributed by atoms with Crippen LogP contribution >= 0.6 is 15.9 Å². The van der Waals surface area contributed by atoms with Gasteiger partial charge in [0.1, 0.15) is 0 Å². The van der Waals surface area contributed by atoms with E-state index in [0.29, 0.717) is 12.8 Å². The van der Waals surface area contributed by atoms with Crippen LogP contribution in [-0.2, 0) is 18.9 Å². The predicted molar refractivity (Wildman–Crippen MR) is 139 cm³/mol. The lowest BCUT2D eigenvalue weighted by Gasteiger charge is -2.32. The van der Waals surface area contributed by atoms with Crippen LogP contribution < -0.4 is 15.3 Å². The van der Waals surface area contributed by atoms with Gasteiger partial charge in [-0.2, -0.15) is 0 Å². The Morgan fingerprint density at radius 3 is 1.53 bits per heavy atom. The van der Waals surface area contributed by atoms with Gasteiger partial charge in [-0.25, -0.2) is 0 Å². The maximum absolute atomic E-state index is 11.8. The molecule has 5 rings (SSSR count).